The van der Waals surface area contributed by atoms with Crippen molar-refractivity contribution in [2.24, 2.45) is 0 Å². The normalized spacial score (nSPS) is 11.8. The van der Waals surface area contributed by atoms with Crippen LogP contribution in [0.2, 0.25) is 0 Å². The zero-order valence-corrected chi connectivity index (χ0v) is 12.9. The van der Waals surface area contributed by atoms with Crippen LogP contribution in [-0.2, 0) is 0 Å². The molecule has 0 saturated carbocycles. The van der Waals surface area contributed by atoms with Crippen molar-refractivity contribution >= 4 is 43.6 Å². The molecule has 0 unspecified atom stereocenters. The first-order valence-electron chi connectivity index (χ1n) is 7.66. The van der Waals surface area contributed by atoms with Gasteiger partial charge in [-0.3, -0.25) is 0 Å². The van der Waals surface area contributed by atoms with E-state index in [1.54, 1.807) is 24.3 Å². The Bertz CT molecular complexity index is 1280. The second-order valence-corrected chi connectivity index (χ2v) is 5.89. The lowest BCUT2D eigenvalue weighted by atomic mass is 10.0. The summed E-state index contributed by atoms with van der Waals surface area (Å²) in [5.74, 6) is -4.96. The minimum absolute atomic E-state index is 0.0272. The quantitative estimate of drug-likeness (QED) is 0.169. The molecule has 5 rings (SSSR count). The van der Waals surface area contributed by atoms with Crippen molar-refractivity contribution in [3.8, 4) is 0 Å². The largest absolute Gasteiger partial charge is 0.249 e. The first-order valence-corrected chi connectivity index (χ1v) is 7.66. The molecule has 5 aromatic rings. The standard InChI is InChI=1S/C19H7F4N3/c20-12-6-10-15-9(5-8-3-1-2-4-14(8)24-15)16-11(17(10)26-19(12)23)7-13(21)18(22)25-16/h1-7H. The van der Waals surface area contributed by atoms with Gasteiger partial charge in [-0.2, -0.15) is 8.78 Å². The molecule has 0 aliphatic carbocycles. The van der Waals surface area contributed by atoms with E-state index in [1.165, 1.54) is 0 Å². The van der Waals surface area contributed by atoms with Gasteiger partial charge in [0.25, 0.3) is 0 Å². The number of pyridine rings is 3. The molecule has 0 spiro atoms. The van der Waals surface area contributed by atoms with Crippen LogP contribution < -0.4 is 0 Å². The fourth-order valence-electron chi connectivity index (χ4n) is 3.21. The lowest BCUT2D eigenvalue weighted by molar-refractivity contribution is 0.482. The Morgan fingerprint density at radius 3 is 1.69 bits per heavy atom. The SMILES string of the molecule is Fc1cc2c(nc1F)c1cc(F)c(F)nc1c1cc3ccccc3nc21. The summed E-state index contributed by atoms with van der Waals surface area (Å²) in [4.78, 5) is 11.8. The number of benzene rings is 2. The molecule has 7 heteroatoms. The Labute approximate surface area is 142 Å². The number of rotatable bonds is 0. The van der Waals surface area contributed by atoms with Gasteiger partial charge in [-0.25, -0.2) is 23.7 Å². The summed E-state index contributed by atoms with van der Waals surface area (Å²) in [6.45, 7) is 0. The van der Waals surface area contributed by atoms with Gasteiger partial charge in [0.05, 0.1) is 22.1 Å². The van der Waals surface area contributed by atoms with E-state index in [9.17, 15) is 17.6 Å². The zero-order valence-electron chi connectivity index (χ0n) is 12.9. The zero-order chi connectivity index (χ0) is 18.0. The van der Waals surface area contributed by atoms with Gasteiger partial charge in [0, 0.05) is 21.5 Å². The van der Waals surface area contributed by atoms with Gasteiger partial charge in [0.1, 0.15) is 0 Å². The summed E-state index contributed by atoms with van der Waals surface area (Å²) in [6.07, 6.45) is 0. The second kappa shape index (κ2) is 5.08. The molecular formula is C19H7F4N3. The average Bonchev–Trinajstić information content (AvgIpc) is 2.64. The number of aromatic nitrogens is 3. The smallest absolute Gasteiger partial charge is 0.247 e. The van der Waals surface area contributed by atoms with Crippen LogP contribution in [0, 0.1) is 23.5 Å². The van der Waals surface area contributed by atoms with Crippen molar-refractivity contribution in [1.29, 1.82) is 0 Å². The maximum atomic E-state index is 13.8. The first kappa shape index (κ1) is 14.9. The van der Waals surface area contributed by atoms with Crippen molar-refractivity contribution in [3.63, 3.8) is 0 Å². The highest BCUT2D eigenvalue weighted by atomic mass is 19.2. The highest BCUT2D eigenvalue weighted by molar-refractivity contribution is 6.23. The fourth-order valence-corrected chi connectivity index (χ4v) is 3.21. The van der Waals surface area contributed by atoms with Crippen LogP contribution in [0.5, 0.6) is 0 Å². The van der Waals surface area contributed by atoms with Crippen LogP contribution in [0.4, 0.5) is 17.6 Å². The molecule has 0 atom stereocenters. The molecule has 0 fully saturated rings. The van der Waals surface area contributed by atoms with Crippen molar-refractivity contribution in [1.82, 2.24) is 15.0 Å². The van der Waals surface area contributed by atoms with E-state index in [0.29, 0.717) is 10.9 Å². The molecule has 0 saturated heterocycles. The minimum atomic E-state index is -1.33. The summed E-state index contributed by atoms with van der Waals surface area (Å²) in [6, 6.07) is 10.7. The Balaban J connectivity index is 2.15. The summed E-state index contributed by atoms with van der Waals surface area (Å²) in [5.41, 5.74) is 0.966. The van der Waals surface area contributed by atoms with Crippen LogP contribution in [0.3, 0.4) is 0 Å². The first-order chi connectivity index (χ1) is 12.5. The van der Waals surface area contributed by atoms with Crippen LogP contribution >= 0.6 is 0 Å². The molecule has 2 aromatic carbocycles. The van der Waals surface area contributed by atoms with Crippen LogP contribution in [0.25, 0.3) is 43.6 Å². The van der Waals surface area contributed by atoms with Gasteiger partial charge in [0.2, 0.25) is 11.9 Å². The van der Waals surface area contributed by atoms with Gasteiger partial charge in [0.15, 0.2) is 11.6 Å². The topological polar surface area (TPSA) is 38.7 Å². The Morgan fingerprint density at radius 2 is 1.08 bits per heavy atom. The Morgan fingerprint density at radius 1 is 0.577 bits per heavy atom. The summed E-state index contributed by atoms with van der Waals surface area (Å²) in [5, 5.41) is 1.44. The number of nitrogens with zero attached hydrogens (tertiary/aromatic N) is 3. The maximum Gasteiger partial charge on any atom is 0.249 e. The van der Waals surface area contributed by atoms with E-state index in [1.807, 2.05) is 6.07 Å². The van der Waals surface area contributed by atoms with Crippen LogP contribution in [0.15, 0.2) is 42.5 Å². The summed E-state index contributed by atoms with van der Waals surface area (Å²) >= 11 is 0. The molecule has 26 heavy (non-hydrogen) atoms. The van der Waals surface area contributed by atoms with Gasteiger partial charge >= 0.3 is 0 Å². The van der Waals surface area contributed by atoms with Crippen molar-refractivity contribution in [3.05, 3.63) is 66.0 Å². The van der Waals surface area contributed by atoms with E-state index in [2.05, 4.69) is 15.0 Å². The number of para-hydroxylation sites is 1. The lowest BCUT2D eigenvalue weighted by Gasteiger charge is -2.10. The van der Waals surface area contributed by atoms with Crippen molar-refractivity contribution < 1.29 is 17.6 Å². The van der Waals surface area contributed by atoms with Gasteiger partial charge < -0.3 is 0 Å². The number of hydrogen-bond donors (Lipinski definition) is 0. The number of hydrogen-bond acceptors (Lipinski definition) is 3. The van der Waals surface area contributed by atoms with E-state index in [-0.39, 0.29) is 27.3 Å². The second-order valence-electron chi connectivity index (χ2n) is 5.89. The third-order valence-corrected chi connectivity index (χ3v) is 4.36. The average molecular weight is 353 g/mol. The molecule has 3 nitrogen and oxygen atoms in total. The van der Waals surface area contributed by atoms with Crippen LogP contribution in [0.1, 0.15) is 0 Å². The monoisotopic (exact) mass is 353 g/mol. The fraction of sp³-hybridized carbons (Fsp3) is 0. The Kier molecular flexibility index (Phi) is 2.92. The molecule has 0 radical (unpaired) electrons. The van der Waals surface area contributed by atoms with Gasteiger partial charge in [-0.1, -0.05) is 18.2 Å². The van der Waals surface area contributed by atoms with E-state index in [0.717, 1.165) is 17.5 Å². The molecule has 3 heterocycles. The predicted octanol–water partition coefficient (Wildman–Crippen LogP) is 5.04. The molecule has 0 aliphatic rings. The molecule has 0 bridgehead atoms. The molecule has 0 aliphatic heterocycles. The van der Waals surface area contributed by atoms with Crippen molar-refractivity contribution in [2.45, 2.75) is 0 Å². The third kappa shape index (κ3) is 1.97. The highest BCUT2D eigenvalue weighted by Gasteiger charge is 2.18. The molecule has 3 aromatic heterocycles. The molecular weight excluding hydrogens is 346 g/mol. The van der Waals surface area contributed by atoms with Gasteiger partial charge in [-0.15, -0.1) is 0 Å². The third-order valence-electron chi connectivity index (χ3n) is 4.36. The highest BCUT2D eigenvalue weighted by Crippen LogP contribution is 2.35. The Hall–Kier alpha value is -3.35. The minimum Gasteiger partial charge on any atom is -0.247 e. The lowest BCUT2D eigenvalue weighted by Crippen LogP contribution is -1.98. The molecule has 126 valence electrons. The summed E-state index contributed by atoms with van der Waals surface area (Å²) < 4.78 is 55.1. The molecule has 0 N–H and O–H groups in total. The van der Waals surface area contributed by atoms with Crippen molar-refractivity contribution in [2.75, 3.05) is 0 Å². The van der Waals surface area contributed by atoms with E-state index < -0.39 is 23.5 Å². The number of fused-ring (bicyclic) bond motifs is 7. The number of halogens is 4. The van der Waals surface area contributed by atoms with Gasteiger partial charge in [-0.05, 0) is 24.3 Å². The van der Waals surface area contributed by atoms with E-state index in [4.69, 9.17) is 0 Å². The van der Waals surface area contributed by atoms with Crippen LogP contribution in [-0.4, -0.2) is 15.0 Å². The van der Waals surface area contributed by atoms with E-state index >= 15 is 0 Å². The predicted molar refractivity (Wildman–Crippen MR) is 89.7 cm³/mol. The maximum absolute atomic E-state index is 13.8. The summed E-state index contributed by atoms with van der Waals surface area (Å²) in [7, 11) is 0. The molecule has 0 amide bonds.